The molecule has 0 bridgehead atoms. The van der Waals surface area contributed by atoms with Gasteiger partial charge < -0.3 is 0 Å². The van der Waals surface area contributed by atoms with Crippen LogP contribution in [0.15, 0.2) is 0 Å². The van der Waals surface area contributed by atoms with E-state index in [2.05, 4.69) is 27.7 Å². The number of Topliss-reactive ketones (excluding diaryl/α,β-unsaturated/α-hetero) is 2. The van der Waals surface area contributed by atoms with Crippen molar-refractivity contribution in [2.75, 3.05) is 0 Å². The third kappa shape index (κ3) is 4.09. The molecule has 0 radical (unpaired) electrons. The molecule has 0 aromatic heterocycles. The number of rotatable bonds is 4. The minimum atomic E-state index is 0.382. The first-order valence-corrected chi connectivity index (χ1v) is 11.2. The van der Waals surface area contributed by atoms with Gasteiger partial charge in [-0.25, -0.2) is 0 Å². The van der Waals surface area contributed by atoms with E-state index in [1.54, 1.807) is 0 Å². The lowest BCUT2D eigenvalue weighted by Gasteiger charge is -2.50. The summed E-state index contributed by atoms with van der Waals surface area (Å²) < 4.78 is 0. The largest absolute Gasteiger partial charge is 0.300 e. The first-order valence-electron chi connectivity index (χ1n) is 11.2. The Balaban J connectivity index is 1.56. The number of carbonyl (C=O) groups is 2. The van der Waals surface area contributed by atoms with Crippen molar-refractivity contribution in [2.24, 2.45) is 34.5 Å². The highest BCUT2D eigenvalue weighted by molar-refractivity contribution is 5.79. The van der Waals surface area contributed by atoms with E-state index in [1.165, 1.54) is 25.7 Å². The van der Waals surface area contributed by atoms with Gasteiger partial charge in [0.05, 0.1) is 0 Å². The second kappa shape index (κ2) is 7.76. The van der Waals surface area contributed by atoms with Crippen LogP contribution < -0.4 is 0 Å². The molecule has 0 aromatic rings. The highest BCUT2D eigenvalue weighted by atomic mass is 16.1. The van der Waals surface area contributed by atoms with E-state index < -0.39 is 0 Å². The van der Waals surface area contributed by atoms with Crippen LogP contribution in [0.2, 0.25) is 0 Å². The maximum atomic E-state index is 11.6. The fourth-order valence-corrected chi connectivity index (χ4v) is 6.62. The van der Waals surface area contributed by atoms with Gasteiger partial charge in [0.1, 0.15) is 11.6 Å². The lowest BCUT2D eigenvalue weighted by Crippen LogP contribution is -2.41. The van der Waals surface area contributed by atoms with E-state index in [4.69, 9.17) is 0 Å². The Hall–Kier alpha value is -0.660. The zero-order valence-electron chi connectivity index (χ0n) is 17.6. The Labute approximate surface area is 160 Å². The summed E-state index contributed by atoms with van der Waals surface area (Å²) in [6, 6.07) is 0. The molecular formula is C24H40O2. The van der Waals surface area contributed by atoms with Crippen LogP contribution in [0.1, 0.15) is 105 Å². The van der Waals surface area contributed by atoms with Crippen LogP contribution in [0, 0.1) is 34.5 Å². The van der Waals surface area contributed by atoms with Gasteiger partial charge in [0, 0.05) is 25.7 Å². The zero-order valence-corrected chi connectivity index (χ0v) is 17.6. The molecule has 0 aliphatic heterocycles. The predicted octanol–water partition coefficient (Wildman–Crippen LogP) is 6.36. The topological polar surface area (TPSA) is 34.1 Å². The van der Waals surface area contributed by atoms with Gasteiger partial charge in [-0.1, -0.05) is 27.7 Å². The molecule has 0 N–H and O–H groups in total. The van der Waals surface area contributed by atoms with Crippen LogP contribution in [0.25, 0.3) is 0 Å². The Morgan fingerprint density at radius 2 is 0.731 bits per heavy atom. The normalized spacial score (nSPS) is 30.6. The van der Waals surface area contributed by atoms with E-state index in [0.29, 0.717) is 22.4 Å². The number of ketones is 2. The third-order valence-corrected chi connectivity index (χ3v) is 9.02. The fourth-order valence-electron chi connectivity index (χ4n) is 6.62. The number of hydrogen-bond acceptors (Lipinski definition) is 2. The Morgan fingerprint density at radius 1 is 0.500 bits per heavy atom. The van der Waals surface area contributed by atoms with E-state index >= 15 is 0 Å². The van der Waals surface area contributed by atoms with Gasteiger partial charge in [-0.05, 0) is 85.9 Å². The highest BCUT2D eigenvalue weighted by Crippen LogP contribution is 2.53. The summed E-state index contributed by atoms with van der Waals surface area (Å²) in [7, 11) is 0. The Bertz CT molecular complexity index is 454. The monoisotopic (exact) mass is 360 g/mol. The Morgan fingerprint density at radius 3 is 1.00 bits per heavy atom. The van der Waals surface area contributed by atoms with Crippen molar-refractivity contribution in [3.63, 3.8) is 0 Å². The van der Waals surface area contributed by atoms with Crippen molar-refractivity contribution in [3.05, 3.63) is 0 Å². The van der Waals surface area contributed by atoms with Crippen LogP contribution in [0.5, 0.6) is 0 Å². The van der Waals surface area contributed by atoms with E-state index in [9.17, 15) is 9.59 Å². The average molecular weight is 361 g/mol. The molecule has 0 unspecified atom stereocenters. The van der Waals surface area contributed by atoms with Gasteiger partial charge in [0.25, 0.3) is 0 Å². The van der Waals surface area contributed by atoms with Crippen molar-refractivity contribution >= 4 is 11.6 Å². The fraction of sp³-hybridized carbons (Fsp3) is 0.917. The molecule has 3 fully saturated rings. The first kappa shape index (κ1) is 20.1. The molecule has 3 rings (SSSR count). The molecule has 2 nitrogen and oxygen atoms in total. The maximum Gasteiger partial charge on any atom is 0.132 e. The van der Waals surface area contributed by atoms with Gasteiger partial charge in [-0.3, -0.25) is 9.59 Å². The summed E-state index contributed by atoms with van der Waals surface area (Å²) >= 11 is 0. The van der Waals surface area contributed by atoms with Gasteiger partial charge in [0.2, 0.25) is 0 Å². The molecule has 0 amide bonds. The number of carbonyl (C=O) groups excluding carboxylic acids is 2. The first-order chi connectivity index (χ1) is 12.2. The third-order valence-electron chi connectivity index (χ3n) is 9.02. The minimum absolute atomic E-state index is 0.382. The SMILES string of the molecule is CC(C)(C1CCC(=O)CC1)C1CCC(C(C)(C)C2CCC(=O)CC2)CC1. The van der Waals surface area contributed by atoms with Crippen molar-refractivity contribution < 1.29 is 9.59 Å². The molecule has 2 heteroatoms. The molecule has 0 spiro atoms. The van der Waals surface area contributed by atoms with Crippen molar-refractivity contribution in [2.45, 2.75) is 105 Å². The molecule has 3 aliphatic carbocycles. The van der Waals surface area contributed by atoms with Crippen LogP contribution in [-0.2, 0) is 9.59 Å². The van der Waals surface area contributed by atoms with Crippen molar-refractivity contribution in [1.82, 2.24) is 0 Å². The summed E-state index contributed by atoms with van der Waals surface area (Å²) in [5.74, 6) is 4.07. The molecule has 3 aliphatic rings. The van der Waals surface area contributed by atoms with E-state index in [1.807, 2.05) is 0 Å². The standard InChI is InChI=1S/C24H40O2/c1-23(2,19-9-13-21(25)14-10-19)17-5-7-18(8-6-17)24(3,4)20-11-15-22(26)16-12-20/h17-20H,5-16H2,1-4H3. The second-order valence-electron chi connectivity index (χ2n) is 10.8. The smallest absolute Gasteiger partial charge is 0.132 e. The predicted molar refractivity (Wildman–Crippen MR) is 107 cm³/mol. The second-order valence-corrected chi connectivity index (χ2v) is 10.8. The van der Waals surface area contributed by atoms with Crippen molar-refractivity contribution in [3.8, 4) is 0 Å². The molecule has 26 heavy (non-hydrogen) atoms. The summed E-state index contributed by atoms with van der Waals surface area (Å²) in [5, 5.41) is 0. The summed E-state index contributed by atoms with van der Waals surface area (Å²) in [5.41, 5.74) is 0.764. The number of hydrogen-bond donors (Lipinski definition) is 0. The zero-order chi connectivity index (χ0) is 18.9. The van der Waals surface area contributed by atoms with E-state index in [-0.39, 0.29) is 0 Å². The van der Waals surface area contributed by atoms with Crippen LogP contribution in [0.4, 0.5) is 0 Å². The summed E-state index contributed by atoms with van der Waals surface area (Å²) in [4.78, 5) is 23.2. The molecule has 148 valence electrons. The molecule has 0 aromatic carbocycles. The quantitative estimate of drug-likeness (QED) is 0.584. The highest BCUT2D eigenvalue weighted by Gasteiger charge is 2.44. The lowest BCUT2D eigenvalue weighted by atomic mass is 9.55. The maximum absolute atomic E-state index is 11.6. The summed E-state index contributed by atoms with van der Waals surface area (Å²) in [6.45, 7) is 9.93. The minimum Gasteiger partial charge on any atom is -0.300 e. The summed E-state index contributed by atoms with van der Waals surface area (Å²) in [6.07, 6.45) is 13.2. The molecule has 0 saturated heterocycles. The van der Waals surface area contributed by atoms with Gasteiger partial charge in [-0.2, -0.15) is 0 Å². The Kier molecular flexibility index (Phi) is 5.99. The average Bonchev–Trinajstić information content (AvgIpc) is 2.62. The van der Waals surface area contributed by atoms with Crippen LogP contribution in [-0.4, -0.2) is 11.6 Å². The van der Waals surface area contributed by atoms with Gasteiger partial charge in [0.15, 0.2) is 0 Å². The molecule has 0 heterocycles. The lowest BCUT2D eigenvalue weighted by molar-refractivity contribution is -0.123. The van der Waals surface area contributed by atoms with Gasteiger partial charge >= 0.3 is 0 Å². The van der Waals surface area contributed by atoms with Gasteiger partial charge in [-0.15, -0.1) is 0 Å². The molecule has 0 atom stereocenters. The van der Waals surface area contributed by atoms with Crippen LogP contribution >= 0.6 is 0 Å². The van der Waals surface area contributed by atoms with E-state index in [0.717, 1.165) is 75.0 Å². The molecule has 3 saturated carbocycles. The molecular weight excluding hydrogens is 320 g/mol. The van der Waals surface area contributed by atoms with Crippen molar-refractivity contribution in [1.29, 1.82) is 0 Å². The van der Waals surface area contributed by atoms with Crippen LogP contribution in [0.3, 0.4) is 0 Å².